The van der Waals surface area contributed by atoms with Gasteiger partial charge in [-0.15, -0.1) is 6.58 Å². The number of alkyl carbamates (subject to hydrolysis) is 1. The molecule has 8 nitrogen and oxygen atoms in total. The number of ether oxygens (including phenoxy) is 5. The van der Waals surface area contributed by atoms with E-state index >= 15 is 0 Å². The number of carbonyl (C=O) groups excluding carboxylic acids is 1. The first-order valence-corrected chi connectivity index (χ1v) is 12.7. The van der Waals surface area contributed by atoms with Gasteiger partial charge in [-0.25, -0.2) is 4.79 Å². The summed E-state index contributed by atoms with van der Waals surface area (Å²) < 4.78 is 27.6. The number of hydrogen-bond acceptors (Lipinski definition) is 7. The maximum atomic E-state index is 12.6. The van der Waals surface area contributed by atoms with Crippen molar-refractivity contribution in [1.82, 2.24) is 5.32 Å². The highest BCUT2D eigenvalue weighted by atomic mass is 35.6. The Balaban J connectivity index is 1.87. The number of aliphatic hydroxyl groups is 1. The van der Waals surface area contributed by atoms with Gasteiger partial charge in [0.1, 0.15) is 31.0 Å². The number of alkyl halides is 3. The average Bonchev–Trinajstić information content (AvgIpc) is 2.90. The van der Waals surface area contributed by atoms with Crippen LogP contribution >= 0.6 is 34.8 Å². The van der Waals surface area contributed by atoms with Crippen LogP contribution in [0, 0.1) is 0 Å². The Morgan fingerprint density at radius 2 is 1.54 bits per heavy atom. The summed E-state index contributed by atoms with van der Waals surface area (Å²) in [7, 11) is 0. The van der Waals surface area contributed by atoms with E-state index in [2.05, 4.69) is 11.9 Å². The van der Waals surface area contributed by atoms with Gasteiger partial charge >= 0.3 is 6.09 Å². The topological polar surface area (TPSA) is 95.5 Å². The van der Waals surface area contributed by atoms with Gasteiger partial charge in [0.15, 0.2) is 6.29 Å². The standard InChI is InChI=1S/C26H30Cl3NO7/c1-2-13-33-24-21(30-25(32)36-17-26(27,28)29)23(35-16-19-11-7-4-8-12-19)22(20(14-31)37-24)34-15-18-9-5-3-6-10-18/h2-12,20-24,31H,1,13-17H2,(H,30,32)/t20-,21+,22-,23-,24+/m1/s1. The number of hydrogen-bond donors (Lipinski definition) is 2. The Morgan fingerprint density at radius 3 is 2.05 bits per heavy atom. The normalized spacial score (nSPS) is 23.8. The summed E-state index contributed by atoms with van der Waals surface area (Å²) in [6.07, 6.45) is -2.76. The van der Waals surface area contributed by atoms with Crippen LogP contribution in [0.25, 0.3) is 0 Å². The van der Waals surface area contributed by atoms with E-state index in [-0.39, 0.29) is 26.4 Å². The van der Waals surface area contributed by atoms with Crippen molar-refractivity contribution in [2.24, 2.45) is 0 Å². The summed E-state index contributed by atoms with van der Waals surface area (Å²) >= 11 is 17.2. The largest absolute Gasteiger partial charge is 0.445 e. The molecule has 1 aliphatic heterocycles. The van der Waals surface area contributed by atoms with Crippen molar-refractivity contribution in [3.05, 3.63) is 84.4 Å². The predicted octanol–water partition coefficient (Wildman–Crippen LogP) is 4.54. The molecule has 0 aliphatic carbocycles. The first kappa shape index (κ1) is 29.7. The molecule has 1 saturated heterocycles. The predicted molar refractivity (Wildman–Crippen MR) is 140 cm³/mol. The van der Waals surface area contributed by atoms with Gasteiger partial charge in [-0.2, -0.15) is 0 Å². The van der Waals surface area contributed by atoms with Crippen molar-refractivity contribution in [2.75, 3.05) is 19.8 Å². The summed E-state index contributed by atoms with van der Waals surface area (Å²) in [6.45, 7) is 3.35. The number of benzene rings is 2. The Bertz CT molecular complexity index is 962. The Kier molecular flexibility index (Phi) is 11.9. The van der Waals surface area contributed by atoms with Crippen molar-refractivity contribution in [3.63, 3.8) is 0 Å². The highest BCUT2D eigenvalue weighted by Gasteiger charge is 2.49. The molecule has 1 amide bonds. The van der Waals surface area contributed by atoms with E-state index in [0.717, 1.165) is 11.1 Å². The SMILES string of the molecule is C=CCO[C@H]1O[C@H](CO)[C@@H](OCc2ccccc2)[C@H](OCc2ccccc2)[C@@H]1NC(=O)OCC(Cl)(Cl)Cl. The van der Waals surface area contributed by atoms with Crippen LogP contribution in [0.1, 0.15) is 11.1 Å². The van der Waals surface area contributed by atoms with E-state index in [1.807, 2.05) is 60.7 Å². The third kappa shape index (κ3) is 9.74. The molecule has 1 heterocycles. The minimum Gasteiger partial charge on any atom is -0.445 e. The second kappa shape index (κ2) is 14.9. The maximum Gasteiger partial charge on any atom is 0.407 e. The van der Waals surface area contributed by atoms with Crippen LogP contribution in [0.2, 0.25) is 0 Å². The lowest BCUT2D eigenvalue weighted by Crippen LogP contribution is -2.66. The first-order chi connectivity index (χ1) is 17.8. The lowest BCUT2D eigenvalue weighted by Gasteiger charge is -2.45. The number of rotatable bonds is 12. The molecular weight excluding hydrogens is 545 g/mol. The molecule has 0 radical (unpaired) electrons. The van der Waals surface area contributed by atoms with E-state index in [1.54, 1.807) is 0 Å². The third-order valence-corrected chi connectivity index (χ3v) is 5.75. The summed E-state index contributed by atoms with van der Waals surface area (Å²) in [4.78, 5) is 12.6. The van der Waals surface area contributed by atoms with Crippen molar-refractivity contribution in [3.8, 4) is 0 Å². The van der Waals surface area contributed by atoms with Gasteiger partial charge in [0, 0.05) is 0 Å². The van der Waals surface area contributed by atoms with E-state index < -0.39 is 47.1 Å². The first-order valence-electron chi connectivity index (χ1n) is 11.6. The number of amides is 1. The fourth-order valence-electron chi connectivity index (χ4n) is 3.77. The fraction of sp³-hybridized carbons (Fsp3) is 0.423. The van der Waals surface area contributed by atoms with Gasteiger partial charge in [-0.1, -0.05) is 102 Å². The second-order valence-corrected chi connectivity index (χ2v) is 10.7. The lowest BCUT2D eigenvalue weighted by atomic mass is 9.96. The summed E-state index contributed by atoms with van der Waals surface area (Å²) in [5, 5.41) is 12.9. The summed E-state index contributed by atoms with van der Waals surface area (Å²) in [5.74, 6) is 0. The van der Waals surface area contributed by atoms with E-state index in [9.17, 15) is 9.90 Å². The van der Waals surface area contributed by atoms with Crippen LogP contribution in [0.15, 0.2) is 73.3 Å². The second-order valence-electron chi connectivity index (χ2n) is 8.23. The number of halogens is 3. The lowest BCUT2D eigenvalue weighted by molar-refractivity contribution is -0.285. The average molecular weight is 575 g/mol. The molecule has 5 atom stereocenters. The highest BCUT2D eigenvalue weighted by molar-refractivity contribution is 6.67. The van der Waals surface area contributed by atoms with E-state index in [1.165, 1.54) is 6.08 Å². The molecule has 11 heteroatoms. The molecule has 0 unspecified atom stereocenters. The van der Waals surface area contributed by atoms with Crippen LogP contribution in [-0.4, -0.2) is 65.5 Å². The van der Waals surface area contributed by atoms with Gasteiger partial charge in [0.25, 0.3) is 0 Å². The smallest absolute Gasteiger partial charge is 0.407 e. The minimum absolute atomic E-state index is 0.116. The number of aliphatic hydroxyl groups excluding tert-OH is 1. The summed E-state index contributed by atoms with van der Waals surface area (Å²) in [5.41, 5.74) is 1.81. The zero-order valence-corrected chi connectivity index (χ0v) is 22.3. The highest BCUT2D eigenvalue weighted by Crippen LogP contribution is 2.29. The molecule has 0 saturated carbocycles. The fourth-order valence-corrected chi connectivity index (χ4v) is 3.93. The van der Waals surface area contributed by atoms with Crippen molar-refractivity contribution in [2.45, 2.75) is 47.7 Å². The van der Waals surface area contributed by atoms with E-state index in [4.69, 9.17) is 58.5 Å². The van der Waals surface area contributed by atoms with Crippen LogP contribution in [-0.2, 0) is 36.9 Å². The molecule has 37 heavy (non-hydrogen) atoms. The molecule has 202 valence electrons. The Hall–Kier alpha value is -1.88. The molecule has 3 rings (SSSR count). The van der Waals surface area contributed by atoms with E-state index in [0.29, 0.717) is 0 Å². The maximum absolute atomic E-state index is 12.6. The quantitative estimate of drug-likeness (QED) is 0.284. The van der Waals surface area contributed by atoms with Gasteiger partial charge in [0.2, 0.25) is 3.79 Å². The Morgan fingerprint density at radius 1 is 0.973 bits per heavy atom. The zero-order valence-electron chi connectivity index (χ0n) is 20.0. The number of carbonyl (C=O) groups is 1. The Labute approximate surface area is 231 Å². The minimum atomic E-state index is -1.79. The molecule has 2 aromatic rings. The zero-order chi connectivity index (χ0) is 26.7. The molecule has 2 aromatic carbocycles. The van der Waals surface area contributed by atoms with Crippen molar-refractivity contribution >= 4 is 40.9 Å². The van der Waals surface area contributed by atoms with Gasteiger partial charge < -0.3 is 34.1 Å². The van der Waals surface area contributed by atoms with Gasteiger partial charge in [-0.3, -0.25) is 0 Å². The van der Waals surface area contributed by atoms with Crippen LogP contribution in [0.5, 0.6) is 0 Å². The van der Waals surface area contributed by atoms with Crippen LogP contribution in [0.4, 0.5) is 4.79 Å². The molecule has 1 aliphatic rings. The van der Waals surface area contributed by atoms with Gasteiger partial charge in [-0.05, 0) is 11.1 Å². The monoisotopic (exact) mass is 573 g/mol. The third-order valence-electron chi connectivity index (χ3n) is 5.43. The molecule has 0 spiro atoms. The number of nitrogens with one attached hydrogen (secondary N) is 1. The molecule has 2 N–H and O–H groups in total. The molecule has 0 bridgehead atoms. The van der Waals surface area contributed by atoms with Crippen LogP contribution in [0.3, 0.4) is 0 Å². The van der Waals surface area contributed by atoms with Crippen molar-refractivity contribution in [1.29, 1.82) is 0 Å². The molecule has 1 fully saturated rings. The van der Waals surface area contributed by atoms with Crippen molar-refractivity contribution < 1.29 is 33.6 Å². The van der Waals surface area contributed by atoms with Crippen LogP contribution < -0.4 is 5.32 Å². The molecular formula is C26H30Cl3NO7. The van der Waals surface area contributed by atoms with Gasteiger partial charge in [0.05, 0.1) is 26.4 Å². The summed E-state index contributed by atoms with van der Waals surface area (Å²) in [6, 6.07) is 18.1. The molecule has 0 aromatic heterocycles.